The van der Waals surface area contributed by atoms with Crippen LogP contribution in [0, 0.1) is 13.8 Å². The molecule has 240 valence electrons. The van der Waals surface area contributed by atoms with E-state index >= 15 is 0 Å². The lowest BCUT2D eigenvalue weighted by Crippen LogP contribution is -2.54. The molecule has 1 N–H and O–H groups in total. The van der Waals surface area contributed by atoms with E-state index in [2.05, 4.69) is 5.32 Å². The van der Waals surface area contributed by atoms with Crippen molar-refractivity contribution in [1.29, 1.82) is 0 Å². The van der Waals surface area contributed by atoms with Gasteiger partial charge < -0.3 is 10.2 Å². The number of hydrogen-bond donors (Lipinski definition) is 1. The third kappa shape index (κ3) is 8.17. The Hall–Kier alpha value is -4.14. The number of hydrogen-bond acceptors (Lipinski definition) is 4. The molecule has 0 aromatic heterocycles. The fourth-order valence-electron chi connectivity index (χ4n) is 6.07. The molecule has 7 nitrogen and oxygen atoms in total. The molecule has 1 saturated carbocycles. The van der Waals surface area contributed by atoms with Gasteiger partial charge in [0.1, 0.15) is 12.6 Å². The van der Waals surface area contributed by atoms with Crippen LogP contribution in [0.25, 0.3) is 0 Å². The van der Waals surface area contributed by atoms with E-state index in [9.17, 15) is 18.0 Å². The minimum Gasteiger partial charge on any atom is -0.352 e. The van der Waals surface area contributed by atoms with Crippen molar-refractivity contribution in [1.82, 2.24) is 10.2 Å². The highest BCUT2D eigenvalue weighted by Crippen LogP contribution is 2.29. The fourth-order valence-corrected chi connectivity index (χ4v) is 7.78. The van der Waals surface area contributed by atoms with Crippen molar-refractivity contribution in [3.63, 3.8) is 0 Å². The maximum Gasteiger partial charge on any atom is 0.264 e. The van der Waals surface area contributed by atoms with Gasteiger partial charge >= 0.3 is 0 Å². The van der Waals surface area contributed by atoms with Gasteiger partial charge in [-0.3, -0.25) is 13.9 Å². The van der Waals surface area contributed by atoms with Crippen molar-refractivity contribution in [2.75, 3.05) is 10.8 Å². The lowest BCUT2D eigenvalue weighted by atomic mass is 10.0. The maximum atomic E-state index is 14.7. The molecule has 0 radical (unpaired) electrons. The van der Waals surface area contributed by atoms with E-state index in [1.165, 1.54) is 21.3 Å². The van der Waals surface area contributed by atoms with E-state index in [4.69, 9.17) is 11.6 Å². The van der Waals surface area contributed by atoms with Crippen molar-refractivity contribution in [2.24, 2.45) is 0 Å². The Balaban J connectivity index is 1.58. The normalized spacial score (nSPS) is 14.1. The molecule has 1 fully saturated rings. The van der Waals surface area contributed by atoms with Crippen LogP contribution < -0.4 is 9.62 Å². The molecule has 5 rings (SSSR count). The van der Waals surface area contributed by atoms with E-state index in [0.29, 0.717) is 16.3 Å². The van der Waals surface area contributed by atoms with Crippen LogP contribution in [0.2, 0.25) is 5.02 Å². The molecule has 2 amide bonds. The maximum absolute atomic E-state index is 14.7. The van der Waals surface area contributed by atoms with Crippen LogP contribution in [0.1, 0.15) is 47.9 Å². The molecule has 0 saturated heterocycles. The first-order valence-electron chi connectivity index (χ1n) is 15.6. The lowest BCUT2D eigenvalue weighted by molar-refractivity contribution is -0.140. The number of benzene rings is 4. The summed E-state index contributed by atoms with van der Waals surface area (Å²) in [6.45, 7) is 3.34. The first-order valence-corrected chi connectivity index (χ1v) is 17.5. The molecule has 0 heterocycles. The van der Waals surface area contributed by atoms with Crippen molar-refractivity contribution in [3.8, 4) is 0 Å². The van der Waals surface area contributed by atoms with Gasteiger partial charge in [0.05, 0.1) is 10.6 Å². The Morgan fingerprint density at radius 3 is 2.15 bits per heavy atom. The predicted molar refractivity (Wildman–Crippen MR) is 183 cm³/mol. The van der Waals surface area contributed by atoms with Crippen LogP contribution in [0.4, 0.5) is 5.69 Å². The molecule has 0 spiro atoms. The summed E-state index contributed by atoms with van der Waals surface area (Å²) >= 11 is 6.35. The number of aryl methyl sites for hydroxylation is 2. The largest absolute Gasteiger partial charge is 0.352 e. The zero-order valence-corrected chi connectivity index (χ0v) is 27.8. The molecular weight excluding hydrogens is 618 g/mol. The Labute approximate surface area is 277 Å². The number of amides is 2. The molecular formula is C37H40ClN3O4S. The highest BCUT2D eigenvalue weighted by Gasteiger charge is 2.36. The van der Waals surface area contributed by atoms with Crippen molar-refractivity contribution >= 4 is 39.1 Å². The van der Waals surface area contributed by atoms with Gasteiger partial charge in [-0.05, 0) is 73.7 Å². The average molecular weight is 658 g/mol. The van der Waals surface area contributed by atoms with Gasteiger partial charge in [-0.25, -0.2) is 8.42 Å². The van der Waals surface area contributed by atoms with Crippen molar-refractivity contribution in [2.45, 2.75) is 69.5 Å². The quantitative estimate of drug-likeness (QED) is 0.181. The summed E-state index contributed by atoms with van der Waals surface area (Å²) in [5.41, 5.74) is 3.71. The summed E-state index contributed by atoms with van der Waals surface area (Å²) < 4.78 is 29.6. The Kier molecular flexibility index (Phi) is 10.8. The van der Waals surface area contributed by atoms with Crippen LogP contribution >= 0.6 is 11.6 Å². The van der Waals surface area contributed by atoms with E-state index in [-0.39, 0.29) is 29.8 Å². The smallest absolute Gasteiger partial charge is 0.264 e. The number of rotatable bonds is 12. The molecule has 4 aromatic carbocycles. The van der Waals surface area contributed by atoms with Crippen molar-refractivity contribution < 1.29 is 18.0 Å². The average Bonchev–Trinajstić information content (AvgIpc) is 3.56. The van der Waals surface area contributed by atoms with Crippen LogP contribution in [0.15, 0.2) is 108 Å². The van der Waals surface area contributed by atoms with Crippen LogP contribution in [-0.4, -0.2) is 43.8 Å². The lowest BCUT2D eigenvalue weighted by Gasteiger charge is -2.34. The van der Waals surface area contributed by atoms with Crippen LogP contribution in [0.3, 0.4) is 0 Å². The van der Waals surface area contributed by atoms with Gasteiger partial charge in [-0.1, -0.05) is 103 Å². The summed E-state index contributed by atoms with van der Waals surface area (Å²) in [6, 6.07) is 29.4. The van der Waals surface area contributed by atoms with E-state index in [0.717, 1.165) is 42.4 Å². The minimum absolute atomic E-state index is 0.0408. The molecule has 0 aliphatic heterocycles. The Morgan fingerprint density at radius 2 is 1.50 bits per heavy atom. The van der Waals surface area contributed by atoms with Gasteiger partial charge in [-0.2, -0.15) is 0 Å². The summed E-state index contributed by atoms with van der Waals surface area (Å²) in [4.78, 5) is 30.3. The van der Waals surface area contributed by atoms with E-state index in [1.807, 2.05) is 62.4 Å². The highest BCUT2D eigenvalue weighted by atomic mass is 35.5. The number of carbonyl (C=O) groups excluding carboxylic acids is 2. The third-order valence-electron chi connectivity index (χ3n) is 8.45. The monoisotopic (exact) mass is 657 g/mol. The molecule has 1 aliphatic carbocycles. The SMILES string of the molecule is Cc1ccc(N(CC(=O)N(Cc2cccc(Cl)c2)C(Cc2ccccc2)C(=O)NC2CCCC2)S(=O)(=O)c2ccccc2)c(C)c1. The molecule has 4 aromatic rings. The van der Waals surface area contributed by atoms with Gasteiger partial charge in [-0.15, -0.1) is 0 Å². The zero-order valence-electron chi connectivity index (χ0n) is 26.2. The topological polar surface area (TPSA) is 86.8 Å². The number of carbonyl (C=O) groups is 2. The van der Waals surface area contributed by atoms with Crippen LogP contribution in [0.5, 0.6) is 0 Å². The minimum atomic E-state index is -4.16. The number of anilines is 1. The predicted octanol–water partition coefficient (Wildman–Crippen LogP) is 6.85. The van der Waals surface area contributed by atoms with Gasteiger partial charge in [0.15, 0.2) is 0 Å². The number of nitrogens with zero attached hydrogens (tertiary/aromatic N) is 2. The Morgan fingerprint density at radius 1 is 0.848 bits per heavy atom. The molecule has 9 heteroatoms. The highest BCUT2D eigenvalue weighted by molar-refractivity contribution is 7.92. The second-order valence-electron chi connectivity index (χ2n) is 12.0. The molecule has 0 bridgehead atoms. The summed E-state index contributed by atoms with van der Waals surface area (Å²) in [7, 11) is -4.16. The zero-order chi connectivity index (χ0) is 32.7. The molecule has 1 unspecified atom stereocenters. The van der Waals surface area contributed by atoms with E-state index in [1.54, 1.807) is 42.5 Å². The van der Waals surface area contributed by atoms with Gasteiger partial charge in [0, 0.05) is 24.0 Å². The first kappa shape index (κ1) is 33.2. The van der Waals surface area contributed by atoms with Gasteiger partial charge in [0.2, 0.25) is 11.8 Å². The number of halogens is 1. The van der Waals surface area contributed by atoms with Crippen molar-refractivity contribution in [3.05, 3.63) is 130 Å². The fraction of sp³-hybridized carbons (Fsp3) is 0.297. The molecule has 46 heavy (non-hydrogen) atoms. The summed E-state index contributed by atoms with van der Waals surface area (Å²) in [6.07, 6.45) is 4.13. The van der Waals surface area contributed by atoms with Gasteiger partial charge in [0.25, 0.3) is 10.0 Å². The van der Waals surface area contributed by atoms with Crippen LogP contribution in [-0.2, 0) is 32.6 Å². The molecule has 1 aliphatic rings. The Bertz CT molecular complexity index is 1760. The first-order chi connectivity index (χ1) is 22.1. The number of sulfonamides is 1. The standard InChI is InChI=1S/C37H40ClN3O4S/c1-27-20-21-34(28(2)22-27)41(46(44,45)33-18-7-4-8-19-33)26-36(42)40(25-30-14-11-15-31(38)23-30)35(24-29-12-5-3-6-13-29)37(43)39-32-16-9-10-17-32/h3-8,11-15,18-23,32,35H,9-10,16-17,24-26H2,1-2H3,(H,39,43). The molecule has 1 atom stereocenters. The summed E-state index contributed by atoms with van der Waals surface area (Å²) in [5.74, 6) is -0.753. The summed E-state index contributed by atoms with van der Waals surface area (Å²) in [5, 5.41) is 3.70. The second-order valence-corrected chi connectivity index (χ2v) is 14.3. The van der Waals surface area contributed by atoms with E-state index < -0.39 is 28.5 Å². The second kappa shape index (κ2) is 15.0. The number of nitrogens with one attached hydrogen (secondary N) is 1. The third-order valence-corrected chi connectivity index (χ3v) is 10.5.